The van der Waals surface area contributed by atoms with Gasteiger partial charge in [-0.15, -0.1) is 0 Å². The minimum absolute atomic E-state index is 0.0207. The predicted molar refractivity (Wildman–Crippen MR) is 351 cm³/mol. The lowest BCUT2D eigenvalue weighted by atomic mass is 9.88. The molecule has 0 aromatic rings. The molecule has 0 saturated carbocycles. The van der Waals surface area contributed by atoms with Gasteiger partial charge < -0.3 is 97.1 Å². The maximum absolute atomic E-state index is 13.6. The second kappa shape index (κ2) is 47.4. The molecule has 1 saturated heterocycles. The molecule has 0 spiro atoms. The number of aliphatic hydroxyl groups is 15. The molecule has 18 N–H and O–H groups in total. The van der Waals surface area contributed by atoms with E-state index in [9.17, 15) is 91.0 Å². The zero-order chi connectivity index (χ0) is 68.5. The van der Waals surface area contributed by atoms with Crippen LogP contribution in [0.1, 0.15) is 130 Å². The van der Waals surface area contributed by atoms with Gasteiger partial charge in [0.25, 0.3) is 0 Å². The number of hydrogen-bond acceptors (Lipinski definition) is 21. The number of nitrogens with one attached hydrogen (secondary N) is 1. The van der Waals surface area contributed by atoms with Crippen LogP contribution >= 0.6 is 0 Å². The third kappa shape index (κ3) is 35.7. The van der Waals surface area contributed by atoms with Crippen LogP contribution in [0, 0.1) is 17.8 Å². The summed E-state index contributed by atoms with van der Waals surface area (Å²) in [5, 5.41) is 159. The fourth-order valence-electron chi connectivity index (χ4n) is 9.94. The Labute approximate surface area is 542 Å². The van der Waals surface area contributed by atoms with Crippen LogP contribution in [0.15, 0.2) is 157 Å². The molecular formula is C70H108N2O20. The fraction of sp³-hybridized carbons (Fsp3) is 0.586. The number of unbranched alkanes of at least 4 members (excludes halogenated alkanes) is 1. The zero-order valence-electron chi connectivity index (χ0n) is 53.8. The first-order chi connectivity index (χ1) is 43.7. The van der Waals surface area contributed by atoms with Crippen molar-refractivity contribution >= 4 is 17.5 Å². The molecule has 0 bridgehead atoms. The van der Waals surface area contributed by atoms with Gasteiger partial charge in [-0.2, -0.15) is 0 Å². The van der Waals surface area contributed by atoms with Crippen molar-refractivity contribution in [1.29, 1.82) is 0 Å². The summed E-state index contributed by atoms with van der Waals surface area (Å²) in [6, 6.07) is 0. The smallest absolute Gasteiger partial charge is 0.248 e. The quantitative estimate of drug-likeness (QED) is 0.0177. The number of carbonyl (C=O) groups is 3. The van der Waals surface area contributed by atoms with E-state index in [2.05, 4.69) is 5.32 Å². The van der Waals surface area contributed by atoms with Crippen molar-refractivity contribution in [2.45, 2.75) is 234 Å². The van der Waals surface area contributed by atoms with Crippen molar-refractivity contribution in [3.05, 3.63) is 157 Å². The van der Waals surface area contributed by atoms with Crippen LogP contribution in [-0.4, -0.2) is 205 Å². The molecule has 22 nitrogen and oxygen atoms in total. The van der Waals surface area contributed by atoms with E-state index in [1.807, 2.05) is 37.3 Å². The van der Waals surface area contributed by atoms with Crippen LogP contribution < -0.4 is 11.1 Å². The monoisotopic (exact) mass is 1300 g/mol. The Balaban J connectivity index is 1.81. The number of carbonyl (C=O) groups excluding carboxylic acids is 3. The summed E-state index contributed by atoms with van der Waals surface area (Å²) in [4.78, 5) is 37.2. The molecule has 2 rings (SSSR count). The lowest BCUT2D eigenvalue weighted by molar-refractivity contribution is -0.306. The number of hydrogen-bond donors (Lipinski definition) is 17. The van der Waals surface area contributed by atoms with Crippen molar-refractivity contribution in [3.8, 4) is 0 Å². The van der Waals surface area contributed by atoms with Gasteiger partial charge in [0, 0.05) is 55.9 Å². The zero-order valence-corrected chi connectivity index (χ0v) is 53.8. The molecular weight excluding hydrogens is 1190 g/mol. The molecule has 0 aromatic carbocycles. The number of allylic oxidation sites excluding steroid dienone is 18. The minimum Gasteiger partial charge on any atom is -0.510 e. The van der Waals surface area contributed by atoms with E-state index < -0.39 is 134 Å². The predicted octanol–water partition coefficient (Wildman–Crippen LogP) is 3.99. The van der Waals surface area contributed by atoms with Crippen LogP contribution in [0.2, 0.25) is 0 Å². The first-order valence-electron chi connectivity index (χ1n) is 32.1. The molecule has 1 fully saturated rings. The highest BCUT2D eigenvalue weighted by Gasteiger charge is 2.44. The normalized spacial score (nSPS) is 24.1. The molecule has 1 aliphatic heterocycles. The summed E-state index contributed by atoms with van der Waals surface area (Å²) >= 11 is 0. The molecule has 20 atom stereocenters. The molecule has 20 unspecified atom stereocenters. The van der Waals surface area contributed by atoms with Gasteiger partial charge >= 0.3 is 0 Å². The highest BCUT2D eigenvalue weighted by atomic mass is 16.7. The molecule has 2 aliphatic rings. The van der Waals surface area contributed by atoms with E-state index in [1.54, 1.807) is 98.9 Å². The highest BCUT2D eigenvalue weighted by molar-refractivity contribution is 6.03. The third-order valence-electron chi connectivity index (χ3n) is 15.6. The van der Waals surface area contributed by atoms with Crippen molar-refractivity contribution in [3.63, 3.8) is 0 Å². The van der Waals surface area contributed by atoms with E-state index in [0.717, 1.165) is 12.8 Å². The van der Waals surface area contributed by atoms with Gasteiger partial charge in [0.2, 0.25) is 5.91 Å². The van der Waals surface area contributed by atoms with Crippen molar-refractivity contribution in [2.75, 3.05) is 6.54 Å². The summed E-state index contributed by atoms with van der Waals surface area (Å²) in [6.07, 6.45) is 23.8. The topological polar surface area (TPSA) is 411 Å². The average molecular weight is 1300 g/mol. The maximum atomic E-state index is 13.6. The van der Waals surface area contributed by atoms with Crippen LogP contribution in [0.4, 0.5) is 0 Å². The standard InChI is InChI=1S/C70H108N2O20/c1-46(27-20-16-12-8-5-6-11-15-19-23-35-64(86)72-65-60(83)36-37-61(65)84)66(87)48(3)59(82)33-21-17-13-9-7-10-14-18-22-34-63(92-70-69(90)68(89)67(88)49(4)91-70)47(2)62(85)45-58(81)44-57(80)42-53(76)31-25-30-52(75)41-56(79)43-55(78)40-51(74)29-24-28-50(73)39-54(77)32-26-38-71/h5-11,13-15,17-25,27,29,31,33,35,46-59,63,66-70,73-83,87-90H,12,16,26,28,30,32,34,36-45,71H2,1-4H3,(H,72,86)/b8-5+,9-7+,11-6+,14-10+,17-13+,19-15+,22-18+,27-20+,29-24+,31-25+,33-21+,35-23+. The number of nitrogens with two attached hydrogens (primary N) is 1. The Morgan fingerprint density at radius 3 is 1.66 bits per heavy atom. The maximum Gasteiger partial charge on any atom is 0.248 e. The van der Waals surface area contributed by atoms with Crippen LogP contribution in [-0.2, 0) is 23.9 Å². The Hall–Kier alpha value is -5.45. The van der Waals surface area contributed by atoms with Gasteiger partial charge in [0.15, 0.2) is 12.1 Å². The van der Waals surface area contributed by atoms with E-state index in [4.69, 9.17) is 15.2 Å². The van der Waals surface area contributed by atoms with Gasteiger partial charge in [-0.05, 0) is 84.1 Å². The fourth-order valence-corrected chi connectivity index (χ4v) is 9.94. The Bertz CT molecular complexity index is 2520. The van der Waals surface area contributed by atoms with Crippen LogP contribution in [0.3, 0.4) is 0 Å². The summed E-state index contributed by atoms with van der Waals surface area (Å²) in [5.41, 5.74) is 5.40. The second-order valence-corrected chi connectivity index (χ2v) is 23.9. The second-order valence-electron chi connectivity index (χ2n) is 23.9. The molecule has 0 aromatic heterocycles. The summed E-state index contributed by atoms with van der Waals surface area (Å²) in [7, 11) is 0. The Kier molecular flexibility index (Phi) is 42.6. The number of aliphatic hydroxyl groups excluding tert-OH is 15. The van der Waals surface area contributed by atoms with Crippen molar-refractivity contribution in [1.82, 2.24) is 5.32 Å². The lowest BCUT2D eigenvalue weighted by Gasteiger charge is -2.41. The number of Topliss-reactive ketones (excluding diaryl/α,β-unsaturated/α-hetero) is 2. The summed E-state index contributed by atoms with van der Waals surface area (Å²) in [5.74, 6) is -2.90. The molecule has 92 heavy (non-hydrogen) atoms. The SMILES string of the molecule is CC(/C=C/CC/C=C/C=C/C=C/C=C/C(=O)NC1=C(O)CCC1=O)C(O)C(C)C(O)/C=C/C=C/C=C/C=C/C=C/CC(OC1OC(C)C(O)C(O)C1O)C(C)C(=O)CC(O)CC(O)CC(O)/C=C/CC(O)CC(O)CC(O)CC(O)/C=C/CC(O)CC(O)CCCN. The molecule has 518 valence electrons. The molecule has 1 aliphatic carbocycles. The van der Waals surface area contributed by atoms with Gasteiger partial charge in [0.05, 0.1) is 79.4 Å². The Morgan fingerprint density at radius 1 is 0.576 bits per heavy atom. The minimum atomic E-state index is -1.65. The number of ketones is 2. The summed E-state index contributed by atoms with van der Waals surface area (Å²) < 4.78 is 11.7. The average Bonchev–Trinajstić information content (AvgIpc) is 1.04. The lowest BCUT2D eigenvalue weighted by Crippen LogP contribution is -2.58. The molecule has 1 heterocycles. The van der Waals surface area contributed by atoms with E-state index in [-0.39, 0.29) is 93.8 Å². The number of ether oxygens (including phenoxy) is 2. The summed E-state index contributed by atoms with van der Waals surface area (Å²) in [6.45, 7) is 7.16. The van der Waals surface area contributed by atoms with Gasteiger partial charge in [-0.3, -0.25) is 14.4 Å². The van der Waals surface area contributed by atoms with Gasteiger partial charge in [-0.25, -0.2) is 0 Å². The van der Waals surface area contributed by atoms with Gasteiger partial charge in [0.1, 0.15) is 35.6 Å². The van der Waals surface area contributed by atoms with E-state index in [0.29, 0.717) is 19.4 Å². The van der Waals surface area contributed by atoms with E-state index >= 15 is 0 Å². The first-order valence-corrected chi connectivity index (χ1v) is 32.1. The molecule has 0 radical (unpaired) electrons. The molecule has 22 heteroatoms. The largest absolute Gasteiger partial charge is 0.510 e. The Morgan fingerprint density at radius 2 is 1.09 bits per heavy atom. The van der Waals surface area contributed by atoms with Crippen LogP contribution in [0.5, 0.6) is 0 Å². The number of rotatable bonds is 46. The molecule has 1 amide bonds. The third-order valence-corrected chi connectivity index (χ3v) is 15.6. The van der Waals surface area contributed by atoms with Crippen molar-refractivity contribution in [2.24, 2.45) is 23.5 Å². The van der Waals surface area contributed by atoms with Gasteiger partial charge in [-0.1, -0.05) is 161 Å². The van der Waals surface area contributed by atoms with E-state index in [1.165, 1.54) is 37.3 Å². The number of amides is 1. The van der Waals surface area contributed by atoms with Crippen LogP contribution in [0.25, 0.3) is 0 Å². The highest BCUT2D eigenvalue weighted by Crippen LogP contribution is 2.28. The first kappa shape index (κ1) is 82.6. The van der Waals surface area contributed by atoms with Crippen molar-refractivity contribution < 1.29 is 100 Å².